The molecule has 0 aliphatic carbocycles. The second kappa shape index (κ2) is 6.75. The number of nitrogens with zero attached hydrogens (tertiary/aromatic N) is 1. The number of aromatic nitrogens is 1. The van der Waals surface area contributed by atoms with Crippen LogP contribution in [0.4, 0.5) is 0 Å². The normalized spacial score (nSPS) is 8.80. The zero-order chi connectivity index (χ0) is 7.82. The van der Waals surface area contributed by atoms with Crippen LogP contribution < -0.4 is 0 Å². The van der Waals surface area contributed by atoms with Gasteiger partial charge < -0.3 is 0 Å². The summed E-state index contributed by atoms with van der Waals surface area (Å²) in [5.41, 5.74) is 1.79. The lowest BCUT2D eigenvalue weighted by Gasteiger charge is -1.90. The quantitative estimate of drug-likeness (QED) is 0.610. The van der Waals surface area contributed by atoms with Crippen molar-refractivity contribution >= 4 is 11.3 Å². The number of thiazole rings is 1. The maximum Gasteiger partial charge on any atom is 0.0791 e. The summed E-state index contributed by atoms with van der Waals surface area (Å²) in [7, 11) is 0. The van der Waals surface area contributed by atoms with Crippen molar-refractivity contribution in [3.63, 3.8) is 0 Å². The summed E-state index contributed by atoms with van der Waals surface area (Å²) in [6.07, 6.45) is 3.07. The molecule has 0 saturated heterocycles. The Morgan fingerprint density at radius 1 is 1.50 bits per heavy atom. The van der Waals surface area contributed by atoms with Crippen molar-refractivity contribution in [2.24, 2.45) is 5.92 Å². The second-order valence-corrected chi connectivity index (χ2v) is 3.23. The summed E-state index contributed by atoms with van der Waals surface area (Å²) in [5, 5.41) is 1.93. The minimum absolute atomic E-state index is 0.884. The van der Waals surface area contributed by atoms with Crippen molar-refractivity contribution in [1.82, 2.24) is 4.98 Å². The van der Waals surface area contributed by atoms with Crippen molar-refractivity contribution in [3.8, 4) is 0 Å². The van der Waals surface area contributed by atoms with Crippen molar-refractivity contribution < 1.29 is 0 Å². The molecule has 0 saturated carbocycles. The van der Waals surface area contributed by atoms with Crippen LogP contribution in [0.15, 0.2) is 17.1 Å². The Bertz CT molecular complexity index is 107. The molecule has 1 aromatic rings. The Hall–Kier alpha value is -0.370. The van der Waals surface area contributed by atoms with Crippen molar-refractivity contribution in [1.29, 1.82) is 0 Å². The molecule has 1 heterocycles. The SMILES string of the molecule is CCC(C)C.c1cscn1. The molecule has 0 bridgehead atoms. The molecule has 0 amide bonds. The Labute approximate surface area is 67.1 Å². The Morgan fingerprint density at radius 2 is 2.10 bits per heavy atom. The first-order valence-corrected chi connectivity index (χ1v) is 4.53. The maximum atomic E-state index is 3.74. The monoisotopic (exact) mass is 157 g/mol. The fourth-order valence-corrected chi connectivity index (χ4v) is 0.527. The maximum absolute atomic E-state index is 3.74. The Kier molecular flexibility index (Phi) is 6.50. The van der Waals surface area contributed by atoms with E-state index in [0.717, 1.165) is 5.92 Å². The highest BCUT2D eigenvalue weighted by Crippen LogP contribution is 1.93. The van der Waals surface area contributed by atoms with Crippen molar-refractivity contribution in [2.45, 2.75) is 27.2 Å². The largest absolute Gasteiger partial charge is 0.253 e. The van der Waals surface area contributed by atoms with Crippen molar-refractivity contribution in [2.75, 3.05) is 0 Å². The minimum atomic E-state index is 0.884. The lowest BCUT2D eigenvalue weighted by Crippen LogP contribution is -1.77. The molecule has 1 rings (SSSR count). The number of hydrogen-bond acceptors (Lipinski definition) is 2. The third kappa shape index (κ3) is 7.63. The highest BCUT2D eigenvalue weighted by molar-refractivity contribution is 7.07. The molecular formula is C8H15NS. The molecule has 1 aromatic heterocycles. The van der Waals surface area contributed by atoms with Gasteiger partial charge in [-0.2, -0.15) is 0 Å². The van der Waals surface area contributed by atoms with E-state index in [1.807, 2.05) is 5.38 Å². The van der Waals surface area contributed by atoms with Gasteiger partial charge in [0.1, 0.15) is 0 Å². The van der Waals surface area contributed by atoms with Gasteiger partial charge in [0.2, 0.25) is 0 Å². The average Bonchev–Trinajstić information content (AvgIpc) is 2.43. The van der Waals surface area contributed by atoms with E-state index < -0.39 is 0 Å². The van der Waals surface area contributed by atoms with E-state index in [0.29, 0.717) is 0 Å². The van der Waals surface area contributed by atoms with Gasteiger partial charge in [-0.05, 0) is 5.92 Å². The van der Waals surface area contributed by atoms with E-state index in [9.17, 15) is 0 Å². The molecule has 0 spiro atoms. The zero-order valence-corrected chi connectivity index (χ0v) is 7.69. The van der Waals surface area contributed by atoms with Gasteiger partial charge in [0.15, 0.2) is 0 Å². The molecule has 58 valence electrons. The van der Waals surface area contributed by atoms with E-state index in [-0.39, 0.29) is 0 Å². The van der Waals surface area contributed by atoms with Crippen LogP contribution in [0, 0.1) is 5.92 Å². The standard InChI is InChI=1S/C5H12.C3H3NS/c1-4-5(2)3;1-2-5-3-4-1/h5H,4H2,1-3H3;1-3H. The van der Waals surface area contributed by atoms with Crippen LogP contribution in [0.2, 0.25) is 0 Å². The fraction of sp³-hybridized carbons (Fsp3) is 0.625. The molecule has 0 aliphatic heterocycles. The van der Waals surface area contributed by atoms with E-state index in [2.05, 4.69) is 25.8 Å². The van der Waals surface area contributed by atoms with Crippen LogP contribution in [0.25, 0.3) is 0 Å². The first-order chi connectivity index (χ1) is 4.77. The predicted molar refractivity (Wildman–Crippen MR) is 47.2 cm³/mol. The van der Waals surface area contributed by atoms with Gasteiger partial charge in [0.25, 0.3) is 0 Å². The molecular weight excluding hydrogens is 142 g/mol. The second-order valence-electron chi connectivity index (χ2n) is 2.48. The Balaban J connectivity index is 0.000000162. The van der Waals surface area contributed by atoms with Gasteiger partial charge in [0, 0.05) is 11.6 Å². The number of rotatable bonds is 1. The summed E-state index contributed by atoms with van der Waals surface area (Å²) in [6, 6.07) is 0. The van der Waals surface area contributed by atoms with Gasteiger partial charge in [-0.3, -0.25) is 4.98 Å². The fourth-order valence-electron chi connectivity index (χ4n) is 0.176. The summed E-state index contributed by atoms with van der Waals surface area (Å²) in [5.74, 6) is 0.884. The van der Waals surface area contributed by atoms with Crippen LogP contribution in [0.1, 0.15) is 27.2 Å². The molecule has 0 aromatic carbocycles. The Morgan fingerprint density at radius 3 is 2.20 bits per heavy atom. The topological polar surface area (TPSA) is 12.9 Å². The van der Waals surface area contributed by atoms with Crippen LogP contribution in [-0.4, -0.2) is 4.98 Å². The number of hydrogen-bond donors (Lipinski definition) is 0. The van der Waals surface area contributed by atoms with E-state index in [1.165, 1.54) is 6.42 Å². The van der Waals surface area contributed by atoms with Crippen molar-refractivity contribution in [3.05, 3.63) is 17.1 Å². The smallest absolute Gasteiger partial charge is 0.0791 e. The van der Waals surface area contributed by atoms with Crippen LogP contribution in [0.5, 0.6) is 0 Å². The van der Waals surface area contributed by atoms with E-state index in [1.54, 1.807) is 23.0 Å². The summed E-state index contributed by atoms with van der Waals surface area (Å²) in [6.45, 7) is 6.64. The summed E-state index contributed by atoms with van der Waals surface area (Å²) in [4.78, 5) is 3.74. The zero-order valence-electron chi connectivity index (χ0n) is 6.87. The molecule has 0 atom stereocenters. The molecule has 0 N–H and O–H groups in total. The van der Waals surface area contributed by atoms with Gasteiger partial charge >= 0.3 is 0 Å². The van der Waals surface area contributed by atoms with E-state index >= 15 is 0 Å². The van der Waals surface area contributed by atoms with E-state index in [4.69, 9.17) is 0 Å². The first-order valence-electron chi connectivity index (χ1n) is 3.59. The van der Waals surface area contributed by atoms with Crippen LogP contribution in [-0.2, 0) is 0 Å². The molecule has 0 fully saturated rings. The van der Waals surface area contributed by atoms with Gasteiger partial charge in [-0.25, -0.2) is 0 Å². The first kappa shape index (κ1) is 9.63. The average molecular weight is 157 g/mol. The lowest BCUT2D eigenvalue weighted by molar-refractivity contribution is 0.626. The third-order valence-electron chi connectivity index (χ3n) is 1.16. The lowest BCUT2D eigenvalue weighted by atomic mass is 10.2. The molecule has 0 aliphatic rings. The van der Waals surface area contributed by atoms with Gasteiger partial charge in [0.05, 0.1) is 5.51 Å². The molecule has 1 nitrogen and oxygen atoms in total. The van der Waals surface area contributed by atoms with Crippen LogP contribution >= 0.6 is 11.3 Å². The third-order valence-corrected chi connectivity index (χ3v) is 1.69. The molecule has 0 unspecified atom stereocenters. The molecule has 2 heteroatoms. The van der Waals surface area contributed by atoms with Gasteiger partial charge in [-0.15, -0.1) is 11.3 Å². The highest BCUT2D eigenvalue weighted by Gasteiger charge is 1.80. The predicted octanol–water partition coefficient (Wildman–Crippen LogP) is 3.20. The van der Waals surface area contributed by atoms with Gasteiger partial charge in [-0.1, -0.05) is 27.2 Å². The van der Waals surface area contributed by atoms with Crippen LogP contribution in [0.3, 0.4) is 0 Å². The molecule has 10 heavy (non-hydrogen) atoms. The highest BCUT2D eigenvalue weighted by atomic mass is 32.1. The minimum Gasteiger partial charge on any atom is -0.253 e. The summed E-state index contributed by atoms with van der Waals surface area (Å²) < 4.78 is 0. The summed E-state index contributed by atoms with van der Waals surface area (Å²) >= 11 is 1.60. The molecule has 0 radical (unpaired) electrons.